The van der Waals surface area contributed by atoms with Gasteiger partial charge in [-0.3, -0.25) is 9.59 Å². The number of aliphatic hydroxyl groups is 2. The van der Waals surface area contributed by atoms with Gasteiger partial charge in [0.25, 0.3) is 0 Å². The molecule has 3 N–H and O–H groups in total. The van der Waals surface area contributed by atoms with Crippen molar-refractivity contribution < 1.29 is 24.5 Å². The average Bonchev–Trinajstić information content (AvgIpc) is 3.20. The minimum Gasteiger partial charge on any atom is -0.466 e. The number of rotatable bonds is 44. The first-order valence-corrected chi connectivity index (χ1v) is 24.3. The molecule has 0 bridgehead atoms. The number of unbranched alkanes of at least 4 members (excludes halogenated alkanes) is 29. The zero-order valence-electron chi connectivity index (χ0n) is 37.1. The molecule has 0 aliphatic carbocycles. The number of ether oxygens (including phenoxy) is 1. The quantitative estimate of drug-likeness (QED) is 0.0325. The number of carbonyl (C=O) groups is 2. The van der Waals surface area contributed by atoms with Gasteiger partial charge in [-0.05, 0) is 57.8 Å². The Labute approximate surface area is 347 Å². The maximum Gasteiger partial charge on any atom is 0.305 e. The molecule has 0 aromatic carbocycles. The van der Waals surface area contributed by atoms with Crippen molar-refractivity contribution in [3.05, 3.63) is 36.5 Å². The van der Waals surface area contributed by atoms with Crippen LogP contribution in [0, 0.1) is 0 Å². The molecule has 0 fully saturated rings. The standard InChI is InChI=1S/C50H93NO5/c1-3-5-7-9-11-13-15-19-24-28-32-36-40-44-50(55)56-45-41-37-33-29-25-21-18-16-17-20-23-27-31-35-39-43-49(54)51-47(46-52)48(53)42-38-34-30-26-22-14-12-10-8-6-4-2/h7,9,13,15,38,42,47-48,52-53H,3-6,8,10-12,14,16-37,39-41,43-46H2,1-2H3,(H,51,54)/b9-7-,15-13-,42-38+. The lowest BCUT2D eigenvalue weighted by Gasteiger charge is -2.20. The molecule has 6 heteroatoms. The molecule has 0 rings (SSSR count). The van der Waals surface area contributed by atoms with Crippen LogP contribution in [0.25, 0.3) is 0 Å². The maximum absolute atomic E-state index is 12.4. The van der Waals surface area contributed by atoms with E-state index < -0.39 is 12.1 Å². The molecule has 0 aliphatic heterocycles. The van der Waals surface area contributed by atoms with Gasteiger partial charge in [0.15, 0.2) is 0 Å². The van der Waals surface area contributed by atoms with E-state index in [2.05, 4.69) is 43.5 Å². The summed E-state index contributed by atoms with van der Waals surface area (Å²) in [6, 6.07) is -0.633. The number of allylic oxidation sites excluding steroid dienone is 5. The Morgan fingerprint density at radius 1 is 0.500 bits per heavy atom. The van der Waals surface area contributed by atoms with Crippen molar-refractivity contribution >= 4 is 11.9 Å². The highest BCUT2D eigenvalue weighted by Gasteiger charge is 2.18. The van der Waals surface area contributed by atoms with E-state index in [-0.39, 0.29) is 18.5 Å². The predicted octanol–water partition coefficient (Wildman–Crippen LogP) is 14.1. The van der Waals surface area contributed by atoms with Crippen LogP contribution in [0.3, 0.4) is 0 Å². The van der Waals surface area contributed by atoms with Gasteiger partial charge < -0.3 is 20.3 Å². The Morgan fingerprint density at radius 3 is 1.43 bits per heavy atom. The molecule has 1 amide bonds. The average molecular weight is 788 g/mol. The monoisotopic (exact) mass is 788 g/mol. The molecule has 0 spiro atoms. The first kappa shape index (κ1) is 54.1. The number of hydrogen-bond acceptors (Lipinski definition) is 5. The van der Waals surface area contributed by atoms with E-state index in [4.69, 9.17) is 4.74 Å². The summed E-state index contributed by atoms with van der Waals surface area (Å²) in [4.78, 5) is 24.4. The van der Waals surface area contributed by atoms with Crippen molar-refractivity contribution in [1.82, 2.24) is 5.32 Å². The summed E-state index contributed by atoms with van der Waals surface area (Å²) in [6.45, 7) is 4.79. The molecule has 328 valence electrons. The van der Waals surface area contributed by atoms with Crippen LogP contribution < -0.4 is 5.32 Å². The Morgan fingerprint density at radius 2 is 0.929 bits per heavy atom. The minimum atomic E-state index is -0.849. The van der Waals surface area contributed by atoms with Crippen molar-refractivity contribution in [3.8, 4) is 0 Å². The maximum atomic E-state index is 12.4. The predicted molar refractivity (Wildman–Crippen MR) is 241 cm³/mol. The number of aliphatic hydroxyl groups excluding tert-OH is 2. The molecule has 2 atom stereocenters. The van der Waals surface area contributed by atoms with Crippen LogP contribution in [0.4, 0.5) is 0 Å². The van der Waals surface area contributed by atoms with E-state index in [1.54, 1.807) is 6.08 Å². The molecule has 0 aromatic rings. The van der Waals surface area contributed by atoms with Crippen LogP contribution in [-0.4, -0.2) is 47.4 Å². The van der Waals surface area contributed by atoms with E-state index >= 15 is 0 Å². The normalized spacial score (nSPS) is 13.0. The molecular weight excluding hydrogens is 695 g/mol. The van der Waals surface area contributed by atoms with E-state index in [0.29, 0.717) is 19.4 Å². The summed E-state index contributed by atoms with van der Waals surface area (Å²) in [7, 11) is 0. The molecular formula is C50H93NO5. The fraction of sp³-hybridized carbons (Fsp3) is 0.840. The van der Waals surface area contributed by atoms with Crippen LogP contribution in [0.15, 0.2) is 36.5 Å². The number of nitrogens with one attached hydrogen (secondary N) is 1. The van der Waals surface area contributed by atoms with Gasteiger partial charge in [0.2, 0.25) is 5.91 Å². The first-order valence-electron chi connectivity index (χ1n) is 24.3. The zero-order chi connectivity index (χ0) is 40.8. The second-order valence-corrected chi connectivity index (χ2v) is 16.4. The van der Waals surface area contributed by atoms with Crippen LogP contribution in [0.2, 0.25) is 0 Å². The molecule has 0 heterocycles. The summed E-state index contributed by atoms with van der Waals surface area (Å²) in [6.07, 6.45) is 54.2. The van der Waals surface area contributed by atoms with Crippen LogP contribution in [-0.2, 0) is 14.3 Å². The molecule has 56 heavy (non-hydrogen) atoms. The fourth-order valence-corrected chi connectivity index (χ4v) is 7.14. The molecule has 2 unspecified atom stereocenters. The van der Waals surface area contributed by atoms with E-state index in [1.165, 1.54) is 154 Å². The SMILES string of the molecule is CCC/C=C\C/C=C\CCCCCCCC(=O)OCCCCCCCCCCCCCCCCCC(=O)NC(CO)C(O)/C=C/CCCCCCCCCCC. The lowest BCUT2D eigenvalue weighted by atomic mass is 10.0. The largest absolute Gasteiger partial charge is 0.466 e. The lowest BCUT2D eigenvalue weighted by Crippen LogP contribution is -2.45. The van der Waals surface area contributed by atoms with Gasteiger partial charge in [-0.2, -0.15) is 0 Å². The van der Waals surface area contributed by atoms with Crippen LogP contribution >= 0.6 is 0 Å². The van der Waals surface area contributed by atoms with Crippen LogP contribution in [0.5, 0.6) is 0 Å². The third-order valence-electron chi connectivity index (χ3n) is 10.9. The minimum absolute atomic E-state index is 0.0168. The van der Waals surface area contributed by atoms with Crippen LogP contribution in [0.1, 0.15) is 245 Å². The van der Waals surface area contributed by atoms with Gasteiger partial charge in [0.05, 0.1) is 25.4 Å². The number of hydrogen-bond donors (Lipinski definition) is 3. The van der Waals surface area contributed by atoms with E-state index in [0.717, 1.165) is 64.2 Å². The van der Waals surface area contributed by atoms with Gasteiger partial charge in [-0.25, -0.2) is 0 Å². The Hall–Kier alpha value is -1.92. The first-order chi connectivity index (χ1) is 27.5. The molecule has 0 saturated carbocycles. The molecule has 6 nitrogen and oxygen atoms in total. The van der Waals surface area contributed by atoms with Gasteiger partial charge in [0.1, 0.15) is 0 Å². The summed E-state index contributed by atoms with van der Waals surface area (Å²) >= 11 is 0. The van der Waals surface area contributed by atoms with Gasteiger partial charge in [-0.15, -0.1) is 0 Å². The smallest absolute Gasteiger partial charge is 0.305 e. The van der Waals surface area contributed by atoms with Crippen molar-refractivity contribution in [1.29, 1.82) is 0 Å². The number of carbonyl (C=O) groups excluding carboxylic acids is 2. The van der Waals surface area contributed by atoms with Gasteiger partial charge in [0, 0.05) is 12.8 Å². The Kier molecular flexibility index (Phi) is 44.2. The zero-order valence-corrected chi connectivity index (χ0v) is 37.1. The fourth-order valence-electron chi connectivity index (χ4n) is 7.14. The van der Waals surface area contributed by atoms with E-state index in [9.17, 15) is 19.8 Å². The molecule has 0 radical (unpaired) electrons. The summed E-state index contributed by atoms with van der Waals surface area (Å²) in [5, 5.41) is 22.9. The van der Waals surface area contributed by atoms with Gasteiger partial charge in [-0.1, -0.05) is 211 Å². The number of esters is 1. The molecule has 0 aromatic heterocycles. The lowest BCUT2D eigenvalue weighted by molar-refractivity contribution is -0.143. The highest BCUT2D eigenvalue weighted by molar-refractivity contribution is 5.76. The number of amides is 1. The summed E-state index contributed by atoms with van der Waals surface area (Å²) in [5.74, 6) is -0.0964. The third-order valence-corrected chi connectivity index (χ3v) is 10.9. The second kappa shape index (κ2) is 45.8. The van der Waals surface area contributed by atoms with Crippen molar-refractivity contribution in [2.45, 2.75) is 257 Å². The summed E-state index contributed by atoms with van der Waals surface area (Å²) < 4.78 is 5.44. The molecule has 0 aliphatic rings. The highest BCUT2D eigenvalue weighted by Crippen LogP contribution is 2.15. The second-order valence-electron chi connectivity index (χ2n) is 16.4. The summed E-state index contributed by atoms with van der Waals surface area (Å²) in [5.41, 5.74) is 0. The van der Waals surface area contributed by atoms with Crippen molar-refractivity contribution in [2.24, 2.45) is 0 Å². The van der Waals surface area contributed by atoms with Gasteiger partial charge >= 0.3 is 5.97 Å². The third kappa shape index (κ3) is 41.7. The van der Waals surface area contributed by atoms with Crippen molar-refractivity contribution in [3.63, 3.8) is 0 Å². The van der Waals surface area contributed by atoms with Crippen molar-refractivity contribution in [2.75, 3.05) is 13.2 Å². The van der Waals surface area contributed by atoms with E-state index in [1.807, 2.05) is 6.08 Å². The molecule has 0 saturated heterocycles. The highest BCUT2D eigenvalue weighted by atomic mass is 16.5. The Bertz CT molecular complexity index is 915. The Balaban J connectivity index is 3.47. The topological polar surface area (TPSA) is 95.9 Å².